The summed E-state index contributed by atoms with van der Waals surface area (Å²) in [5.74, 6) is -3.02. The predicted molar refractivity (Wildman–Crippen MR) is 57.7 cm³/mol. The highest BCUT2D eigenvalue weighted by Crippen LogP contribution is 2.19. The smallest absolute Gasteiger partial charge is 0.282 e. The van der Waals surface area contributed by atoms with Crippen LogP contribution < -0.4 is 5.32 Å². The van der Waals surface area contributed by atoms with Crippen LogP contribution in [0.25, 0.3) is 0 Å². The lowest BCUT2D eigenvalue weighted by Gasteiger charge is -2.31. The Bertz CT molecular complexity index is 200. The molecule has 0 radical (unpaired) electrons. The van der Waals surface area contributed by atoms with Gasteiger partial charge in [0.15, 0.2) is 0 Å². The van der Waals surface area contributed by atoms with Gasteiger partial charge in [-0.3, -0.25) is 0 Å². The van der Waals surface area contributed by atoms with E-state index in [4.69, 9.17) is 9.84 Å². The monoisotopic (exact) mass is 237 g/mol. The maximum Gasteiger partial charge on any atom is 0.282 e. The number of aliphatic hydroxyl groups excluding tert-OH is 1. The third-order valence-corrected chi connectivity index (χ3v) is 2.86. The summed E-state index contributed by atoms with van der Waals surface area (Å²) in [4.78, 5) is 0. The summed E-state index contributed by atoms with van der Waals surface area (Å²) in [7, 11) is 0. The van der Waals surface area contributed by atoms with E-state index in [0.29, 0.717) is 6.61 Å². The van der Waals surface area contributed by atoms with E-state index in [0.717, 1.165) is 25.7 Å². The summed E-state index contributed by atoms with van der Waals surface area (Å²) in [6.45, 7) is 1.17. The first kappa shape index (κ1) is 13.8. The molecule has 3 nitrogen and oxygen atoms in total. The van der Waals surface area contributed by atoms with Gasteiger partial charge in [0.25, 0.3) is 5.92 Å². The number of halogens is 2. The third kappa shape index (κ3) is 4.72. The predicted octanol–water partition coefficient (Wildman–Crippen LogP) is 1.55. The lowest BCUT2D eigenvalue weighted by molar-refractivity contribution is -0.0564. The van der Waals surface area contributed by atoms with Gasteiger partial charge in [-0.1, -0.05) is 13.3 Å². The third-order valence-electron chi connectivity index (χ3n) is 2.86. The zero-order valence-corrected chi connectivity index (χ0v) is 9.72. The maximum atomic E-state index is 12.8. The molecule has 0 spiro atoms. The van der Waals surface area contributed by atoms with Crippen LogP contribution >= 0.6 is 0 Å². The van der Waals surface area contributed by atoms with Gasteiger partial charge in [-0.05, 0) is 19.3 Å². The van der Waals surface area contributed by atoms with Gasteiger partial charge in [-0.25, -0.2) is 8.78 Å². The van der Waals surface area contributed by atoms with Crippen molar-refractivity contribution in [2.75, 3.05) is 19.8 Å². The second kappa shape index (κ2) is 6.47. The van der Waals surface area contributed by atoms with Crippen molar-refractivity contribution < 1.29 is 18.6 Å². The van der Waals surface area contributed by atoms with Crippen LogP contribution in [0.5, 0.6) is 0 Å². The first-order valence-electron chi connectivity index (χ1n) is 5.91. The number of hydrogen-bond donors (Lipinski definition) is 2. The van der Waals surface area contributed by atoms with Crippen LogP contribution in [0.2, 0.25) is 0 Å². The summed E-state index contributed by atoms with van der Waals surface area (Å²) in [5, 5.41) is 11.3. The van der Waals surface area contributed by atoms with Crippen molar-refractivity contribution in [3.05, 3.63) is 0 Å². The lowest BCUT2D eigenvalue weighted by atomic mass is 10.00. The summed E-state index contributed by atoms with van der Waals surface area (Å²) in [5.41, 5.74) is 0. The Morgan fingerprint density at radius 3 is 2.88 bits per heavy atom. The van der Waals surface area contributed by atoms with E-state index in [1.807, 2.05) is 0 Å². The number of nitrogens with one attached hydrogen (secondary N) is 1. The molecule has 0 aromatic rings. The fourth-order valence-corrected chi connectivity index (χ4v) is 1.94. The van der Waals surface area contributed by atoms with Crippen LogP contribution in [0.15, 0.2) is 0 Å². The zero-order valence-electron chi connectivity index (χ0n) is 9.72. The van der Waals surface area contributed by atoms with Crippen molar-refractivity contribution in [3.8, 4) is 0 Å². The molecule has 0 aromatic carbocycles. The highest BCUT2D eigenvalue weighted by atomic mass is 19.3. The second-order valence-electron chi connectivity index (χ2n) is 4.40. The molecule has 96 valence electrons. The van der Waals surface area contributed by atoms with Gasteiger partial charge in [0.05, 0.1) is 12.6 Å². The maximum absolute atomic E-state index is 12.8. The molecule has 0 aromatic heterocycles. The first-order valence-corrected chi connectivity index (χ1v) is 5.91. The van der Waals surface area contributed by atoms with Crippen LogP contribution in [0.4, 0.5) is 8.78 Å². The van der Waals surface area contributed by atoms with Gasteiger partial charge in [0.2, 0.25) is 0 Å². The second-order valence-corrected chi connectivity index (χ2v) is 4.40. The van der Waals surface area contributed by atoms with E-state index in [-0.39, 0.29) is 12.1 Å². The van der Waals surface area contributed by atoms with Crippen LogP contribution in [-0.4, -0.2) is 42.9 Å². The molecule has 5 heteroatoms. The normalized spacial score (nSPS) is 27.0. The molecule has 1 saturated heterocycles. The Kier molecular flexibility index (Phi) is 5.58. The van der Waals surface area contributed by atoms with Crippen molar-refractivity contribution >= 4 is 0 Å². The highest BCUT2D eigenvalue weighted by Gasteiger charge is 2.30. The average Bonchev–Trinajstić information content (AvgIpc) is 2.28. The van der Waals surface area contributed by atoms with Crippen LogP contribution in [0.3, 0.4) is 0 Å². The fourth-order valence-electron chi connectivity index (χ4n) is 1.94. The zero-order chi connectivity index (χ0) is 12.0. The minimum Gasteiger partial charge on any atom is -0.390 e. The molecule has 2 atom stereocenters. The van der Waals surface area contributed by atoms with Gasteiger partial charge >= 0.3 is 0 Å². The number of hydrogen-bond acceptors (Lipinski definition) is 3. The van der Waals surface area contributed by atoms with Gasteiger partial charge in [-0.2, -0.15) is 0 Å². The Hall–Kier alpha value is -0.260. The first-order chi connectivity index (χ1) is 7.57. The highest BCUT2D eigenvalue weighted by molar-refractivity contribution is 4.79. The molecule has 0 bridgehead atoms. The van der Waals surface area contributed by atoms with E-state index >= 15 is 0 Å². The van der Waals surface area contributed by atoms with Crippen molar-refractivity contribution in [1.82, 2.24) is 5.32 Å². The number of rotatable bonds is 6. The largest absolute Gasteiger partial charge is 0.390 e. The Balaban J connectivity index is 2.26. The minimum atomic E-state index is -3.02. The molecule has 2 unspecified atom stereocenters. The molecule has 0 saturated carbocycles. The van der Waals surface area contributed by atoms with Crippen molar-refractivity contribution in [1.29, 1.82) is 0 Å². The Morgan fingerprint density at radius 1 is 1.50 bits per heavy atom. The van der Waals surface area contributed by atoms with E-state index in [1.165, 1.54) is 0 Å². The average molecular weight is 237 g/mol. The molecule has 2 N–H and O–H groups in total. The molecule has 1 rings (SSSR count). The van der Waals surface area contributed by atoms with Crippen LogP contribution in [0.1, 0.15) is 32.6 Å². The van der Waals surface area contributed by atoms with Crippen molar-refractivity contribution in [3.63, 3.8) is 0 Å². The molecule has 0 aliphatic carbocycles. The standard InChI is InChI=1S/C11H21F2NO2/c1-2-3-10-6-9(4-5-16-10)14-7-11(12,13)8-15/h9-10,14-15H,2-8H2,1H3. The molecule has 0 amide bonds. The van der Waals surface area contributed by atoms with Gasteiger partial charge in [0.1, 0.15) is 6.61 Å². The van der Waals surface area contributed by atoms with Crippen LogP contribution in [0, 0.1) is 0 Å². The molecule has 16 heavy (non-hydrogen) atoms. The summed E-state index contributed by atoms with van der Waals surface area (Å²) in [6, 6.07) is 0.0859. The summed E-state index contributed by atoms with van der Waals surface area (Å²) < 4.78 is 31.1. The minimum absolute atomic E-state index is 0.0859. The fraction of sp³-hybridized carbons (Fsp3) is 1.00. The van der Waals surface area contributed by atoms with E-state index < -0.39 is 19.1 Å². The van der Waals surface area contributed by atoms with Crippen molar-refractivity contribution in [2.45, 2.75) is 50.7 Å². The number of ether oxygens (including phenoxy) is 1. The number of alkyl halides is 2. The molecule has 1 aliphatic rings. The van der Waals surface area contributed by atoms with E-state index in [9.17, 15) is 8.78 Å². The molecule has 1 fully saturated rings. The molecular formula is C11H21F2NO2. The molecule has 1 heterocycles. The topological polar surface area (TPSA) is 41.5 Å². The SMILES string of the molecule is CCCC1CC(NCC(F)(F)CO)CCO1. The molecular weight excluding hydrogens is 216 g/mol. The van der Waals surface area contributed by atoms with Crippen molar-refractivity contribution in [2.24, 2.45) is 0 Å². The van der Waals surface area contributed by atoms with Gasteiger partial charge in [0, 0.05) is 12.6 Å². The van der Waals surface area contributed by atoms with Gasteiger partial charge in [-0.15, -0.1) is 0 Å². The quantitative estimate of drug-likeness (QED) is 0.736. The van der Waals surface area contributed by atoms with Gasteiger partial charge < -0.3 is 15.2 Å². The van der Waals surface area contributed by atoms with E-state index in [1.54, 1.807) is 0 Å². The molecule has 1 aliphatic heterocycles. The number of aliphatic hydroxyl groups is 1. The van der Waals surface area contributed by atoms with E-state index in [2.05, 4.69) is 12.2 Å². The Morgan fingerprint density at radius 2 is 2.25 bits per heavy atom. The summed E-state index contributed by atoms with van der Waals surface area (Å²) in [6.07, 6.45) is 3.77. The Labute approximate surface area is 95.2 Å². The lowest BCUT2D eigenvalue weighted by Crippen LogP contribution is -2.45. The summed E-state index contributed by atoms with van der Waals surface area (Å²) >= 11 is 0. The van der Waals surface area contributed by atoms with Crippen LogP contribution in [-0.2, 0) is 4.74 Å².